The van der Waals surface area contributed by atoms with E-state index in [0.717, 1.165) is 45.8 Å². The van der Waals surface area contributed by atoms with Crippen molar-refractivity contribution in [3.8, 4) is 0 Å². The molecule has 0 aromatic carbocycles. The lowest BCUT2D eigenvalue weighted by molar-refractivity contribution is -0.140. The molecule has 0 aromatic heterocycles. The number of amides is 2. The van der Waals surface area contributed by atoms with Crippen LogP contribution in [-0.2, 0) is 19.2 Å². The topological polar surface area (TPSA) is 105 Å². The number of ketones is 1. The van der Waals surface area contributed by atoms with Gasteiger partial charge in [0, 0.05) is 77.7 Å². The highest BCUT2D eigenvalue weighted by atomic mass is 16.4. The third-order valence-electron chi connectivity index (χ3n) is 7.19. The second-order valence-electron chi connectivity index (χ2n) is 10.3. The van der Waals surface area contributed by atoms with Gasteiger partial charge in [0.05, 0.1) is 13.1 Å². The molecule has 0 aromatic rings. The van der Waals surface area contributed by atoms with Crippen molar-refractivity contribution < 1.29 is 24.3 Å². The quantitative estimate of drug-likeness (QED) is 0.429. The zero-order valence-corrected chi connectivity index (χ0v) is 22.1. The minimum absolute atomic E-state index is 0.0543. The number of Topliss-reactive ketones (excluding diaryl/α,β-unsaturated/α-hetero) is 1. The van der Waals surface area contributed by atoms with Gasteiger partial charge >= 0.3 is 5.97 Å². The summed E-state index contributed by atoms with van der Waals surface area (Å²) in [6, 6.07) is 0. The summed E-state index contributed by atoms with van der Waals surface area (Å²) in [5.74, 6) is -0.956. The standard InChI is InChI=1S/C25H45N5O5/c1-5-27-13-15-28(11-9-26(4)10-12-29(16-14-27)19-24(33)34)18-21(31)7-6-8-30-23(32)17-22(20(2)3)25(30)35/h20,22H,5-19H2,1-4H3,(H,33,34). The normalized spacial score (nSPS) is 23.0. The molecule has 2 saturated heterocycles. The molecule has 2 heterocycles. The number of carbonyl (C=O) groups excluding carboxylic acids is 3. The molecule has 2 aliphatic rings. The summed E-state index contributed by atoms with van der Waals surface area (Å²) in [7, 11) is 2.03. The third-order valence-corrected chi connectivity index (χ3v) is 7.19. The number of hydrogen-bond donors (Lipinski definition) is 1. The number of hydrogen-bond acceptors (Lipinski definition) is 8. The highest BCUT2D eigenvalue weighted by molar-refractivity contribution is 6.03. The molecule has 200 valence electrons. The van der Waals surface area contributed by atoms with Crippen molar-refractivity contribution in [2.24, 2.45) is 11.8 Å². The molecule has 2 fully saturated rings. The van der Waals surface area contributed by atoms with Crippen LogP contribution < -0.4 is 0 Å². The van der Waals surface area contributed by atoms with Gasteiger partial charge < -0.3 is 14.9 Å². The maximum absolute atomic E-state index is 12.8. The van der Waals surface area contributed by atoms with Gasteiger partial charge in [-0.2, -0.15) is 0 Å². The second-order valence-corrected chi connectivity index (χ2v) is 10.3. The van der Waals surface area contributed by atoms with E-state index in [1.165, 1.54) is 4.90 Å². The van der Waals surface area contributed by atoms with E-state index in [1.54, 1.807) is 0 Å². The van der Waals surface area contributed by atoms with E-state index in [1.807, 2.05) is 25.8 Å². The van der Waals surface area contributed by atoms with Crippen LogP contribution >= 0.6 is 0 Å². The summed E-state index contributed by atoms with van der Waals surface area (Å²) in [5.41, 5.74) is 0. The van der Waals surface area contributed by atoms with Gasteiger partial charge in [-0.3, -0.25) is 33.9 Å². The van der Waals surface area contributed by atoms with E-state index in [4.69, 9.17) is 0 Å². The van der Waals surface area contributed by atoms with Crippen molar-refractivity contribution in [2.75, 3.05) is 85.6 Å². The first-order chi connectivity index (χ1) is 16.6. The first-order valence-electron chi connectivity index (χ1n) is 13.0. The molecule has 0 spiro atoms. The summed E-state index contributed by atoms with van der Waals surface area (Å²) in [4.78, 5) is 58.6. The Labute approximate surface area is 210 Å². The number of rotatable bonds is 10. The van der Waals surface area contributed by atoms with Crippen LogP contribution in [-0.4, -0.2) is 139 Å². The number of carboxylic acids is 1. The van der Waals surface area contributed by atoms with Crippen LogP contribution in [0.3, 0.4) is 0 Å². The minimum atomic E-state index is -0.800. The Morgan fingerprint density at radius 1 is 0.914 bits per heavy atom. The fourth-order valence-electron chi connectivity index (χ4n) is 4.69. The second kappa shape index (κ2) is 14.6. The van der Waals surface area contributed by atoms with Gasteiger partial charge in [0.25, 0.3) is 0 Å². The average molecular weight is 496 g/mol. The molecular formula is C25H45N5O5. The van der Waals surface area contributed by atoms with Crippen LogP contribution in [0.15, 0.2) is 0 Å². The van der Waals surface area contributed by atoms with Gasteiger partial charge in [-0.25, -0.2) is 0 Å². The smallest absolute Gasteiger partial charge is 0.317 e. The maximum Gasteiger partial charge on any atom is 0.317 e. The van der Waals surface area contributed by atoms with Gasteiger partial charge in [0.15, 0.2) is 0 Å². The maximum atomic E-state index is 12.8. The van der Waals surface area contributed by atoms with Crippen molar-refractivity contribution in [3.63, 3.8) is 0 Å². The molecule has 0 bridgehead atoms. The lowest BCUT2D eigenvalue weighted by Crippen LogP contribution is -2.46. The molecular weight excluding hydrogens is 450 g/mol. The number of carboxylic acid groups (broad SMARTS) is 1. The predicted octanol–water partition coefficient (Wildman–Crippen LogP) is 0.323. The third kappa shape index (κ3) is 9.95. The summed E-state index contributed by atoms with van der Waals surface area (Å²) in [6.45, 7) is 13.8. The number of likely N-dealkylation sites (tertiary alicyclic amines) is 1. The zero-order chi connectivity index (χ0) is 26.0. The van der Waals surface area contributed by atoms with E-state index in [2.05, 4.69) is 21.6 Å². The number of carbonyl (C=O) groups is 4. The molecule has 1 unspecified atom stereocenters. The van der Waals surface area contributed by atoms with Crippen LogP contribution in [0.5, 0.6) is 0 Å². The Kier molecular flexibility index (Phi) is 12.3. The van der Waals surface area contributed by atoms with Crippen LogP contribution in [0.1, 0.15) is 40.0 Å². The first kappa shape index (κ1) is 29.4. The largest absolute Gasteiger partial charge is 0.480 e. The monoisotopic (exact) mass is 495 g/mol. The van der Waals surface area contributed by atoms with E-state index < -0.39 is 5.97 Å². The van der Waals surface area contributed by atoms with E-state index >= 15 is 0 Å². The molecule has 1 N–H and O–H groups in total. The van der Waals surface area contributed by atoms with E-state index in [0.29, 0.717) is 39.0 Å². The van der Waals surface area contributed by atoms with Gasteiger partial charge in [-0.1, -0.05) is 20.8 Å². The van der Waals surface area contributed by atoms with Crippen LogP contribution in [0, 0.1) is 11.8 Å². The van der Waals surface area contributed by atoms with Crippen LogP contribution in [0.25, 0.3) is 0 Å². The Morgan fingerprint density at radius 3 is 1.97 bits per heavy atom. The summed E-state index contributed by atoms with van der Waals surface area (Å²) >= 11 is 0. The fourth-order valence-corrected chi connectivity index (χ4v) is 4.69. The minimum Gasteiger partial charge on any atom is -0.480 e. The van der Waals surface area contributed by atoms with Crippen LogP contribution in [0.4, 0.5) is 0 Å². The molecule has 2 rings (SSSR count). The van der Waals surface area contributed by atoms with Crippen molar-refractivity contribution in [3.05, 3.63) is 0 Å². The molecule has 10 nitrogen and oxygen atoms in total. The zero-order valence-electron chi connectivity index (χ0n) is 22.1. The predicted molar refractivity (Wildman–Crippen MR) is 134 cm³/mol. The molecule has 1 atom stereocenters. The SMILES string of the molecule is CCN1CCN(CC(=O)O)CCN(C)CCN(CC(=O)CCCN2C(=O)CC(C(C)C)C2=O)CC1. The molecule has 2 aliphatic heterocycles. The Morgan fingerprint density at radius 2 is 1.46 bits per heavy atom. The van der Waals surface area contributed by atoms with Crippen molar-refractivity contribution in [2.45, 2.75) is 40.0 Å². The molecule has 35 heavy (non-hydrogen) atoms. The highest BCUT2D eigenvalue weighted by Gasteiger charge is 2.39. The summed E-state index contributed by atoms with van der Waals surface area (Å²) in [5, 5.41) is 9.20. The molecule has 2 amide bonds. The lowest BCUT2D eigenvalue weighted by atomic mass is 9.94. The van der Waals surface area contributed by atoms with E-state index in [-0.39, 0.29) is 42.4 Å². The number of nitrogens with zero attached hydrogens (tertiary/aromatic N) is 5. The van der Waals surface area contributed by atoms with Gasteiger partial charge in [-0.05, 0) is 25.9 Å². The lowest BCUT2D eigenvalue weighted by Gasteiger charge is -2.32. The Hall–Kier alpha value is -1.88. The van der Waals surface area contributed by atoms with Crippen LogP contribution in [0.2, 0.25) is 0 Å². The first-order valence-corrected chi connectivity index (χ1v) is 13.0. The van der Waals surface area contributed by atoms with Gasteiger partial charge in [0.2, 0.25) is 11.8 Å². The molecule has 0 radical (unpaired) electrons. The molecule has 0 saturated carbocycles. The number of aliphatic carboxylic acids is 1. The highest BCUT2D eigenvalue weighted by Crippen LogP contribution is 2.26. The number of likely N-dealkylation sites (N-methyl/N-ethyl adjacent to an activating group) is 2. The van der Waals surface area contributed by atoms with Crippen molar-refractivity contribution in [1.29, 1.82) is 0 Å². The van der Waals surface area contributed by atoms with Gasteiger partial charge in [0.1, 0.15) is 5.78 Å². The summed E-state index contributed by atoms with van der Waals surface area (Å²) < 4.78 is 0. The van der Waals surface area contributed by atoms with Gasteiger partial charge in [-0.15, -0.1) is 0 Å². The average Bonchev–Trinajstić information content (AvgIpc) is 3.08. The number of imide groups is 1. The fraction of sp³-hybridized carbons (Fsp3) is 0.840. The summed E-state index contributed by atoms with van der Waals surface area (Å²) in [6.07, 6.45) is 1.15. The van der Waals surface area contributed by atoms with Crippen molar-refractivity contribution >= 4 is 23.6 Å². The van der Waals surface area contributed by atoms with Crippen molar-refractivity contribution in [1.82, 2.24) is 24.5 Å². The molecule has 10 heteroatoms. The van der Waals surface area contributed by atoms with E-state index in [9.17, 15) is 24.3 Å². The Balaban J connectivity index is 1.85. The molecule has 0 aliphatic carbocycles. The Bertz CT molecular complexity index is 731.